The Balaban J connectivity index is 2.22. The second-order valence-electron chi connectivity index (χ2n) is 4.89. The molecule has 0 aliphatic carbocycles. The standard InChI is InChI=1S/C15H11FN4O3/c1-8-13(9(2)23-19-8)10-6-12(20(21)22)14(18-7-10)11-4-3-5-17-15(11)16/h3-7H,1-2H3. The molecular weight excluding hydrogens is 303 g/mol. The number of rotatable bonds is 3. The Morgan fingerprint density at radius 2 is 2.09 bits per heavy atom. The van der Waals surface area contributed by atoms with Crippen LogP contribution in [0.3, 0.4) is 0 Å². The van der Waals surface area contributed by atoms with Crippen LogP contribution in [0, 0.1) is 29.9 Å². The maximum atomic E-state index is 13.8. The first-order valence-electron chi connectivity index (χ1n) is 6.67. The highest BCUT2D eigenvalue weighted by atomic mass is 19.1. The molecule has 0 spiro atoms. The number of nitro groups is 1. The van der Waals surface area contributed by atoms with Crippen molar-refractivity contribution in [3.63, 3.8) is 0 Å². The fourth-order valence-corrected chi connectivity index (χ4v) is 2.39. The summed E-state index contributed by atoms with van der Waals surface area (Å²) in [6.45, 7) is 3.43. The predicted octanol–water partition coefficient (Wildman–Crippen LogP) is 3.46. The van der Waals surface area contributed by atoms with Crippen molar-refractivity contribution in [2.24, 2.45) is 0 Å². The summed E-state index contributed by atoms with van der Waals surface area (Å²) in [6, 6.07) is 4.22. The van der Waals surface area contributed by atoms with E-state index in [0.717, 1.165) is 0 Å². The first kappa shape index (κ1) is 14.8. The third-order valence-corrected chi connectivity index (χ3v) is 3.40. The highest BCUT2D eigenvalue weighted by molar-refractivity contribution is 5.76. The third kappa shape index (κ3) is 2.54. The number of aromatic nitrogens is 3. The number of pyridine rings is 2. The lowest BCUT2D eigenvalue weighted by molar-refractivity contribution is -0.384. The SMILES string of the molecule is Cc1noc(C)c1-c1cnc(-c2cccnc2F)c([N+](=O)[O-])c1. The van der Waals surface area contributed by atoms with Crippen LogP contribution in [0.15, 0.2) is 35.1 Å². The van der Waals surface area contributed by atoms with E-state index in [1.54, 1.807) is 13.8 Å². The van der Waals surface area contributed by atoms with Crippen LogP contribution >= 0.6 is 0 Å². The van der Waals surface area contributed by atoms with Crippen molar-refractivity contribution in [1.82, 2.24) is 15.1 Å². The molecule has 0 saturated carbocycles. The van der Waals surface area contributed by atoms with E-state index in [2.05, 4.69) is 15.1 Å². The third-order valence-electron chi connectivity index (χ3n) is 3.40. The van der Waals surface area contributed by atoms with Crippen molar-refractivity contribution in [2.45, 2.75) is 13.8 Å². The summed E-state index contributed by atoms with van der Waals surface area (Å²) in [6.07, 6.45) is 2.70. The van der Waals surface area contributed by atoms with Crippen LogP contribution in [-0.4, -0.2) is 20.0 Å². The minimum atomic E-state index is -0.812. The zero-order valence-electron chi connectivity index (χ0n) is 12.3. The Bertz CT molecular complexity index is 888. The van der Waals surface area contributed by atoms with Gasteiger partial charge in [0.1, 0.15) is 5.76 Å². The van der Waals surface area contributed by atoms with Crippen molar-refractivity contribution >= 4 is 5.69 Å². The lowest BCUT2D eigenvalue weighted by Crippen LogP contribution is -1.98. The van der Waals surface area contributed by atoms with Gasteiger partial charge in [-0.1, -0.05) is 5.16 Å². The monoisotopic (exact) mass is 314 g/mol. The second-order valence-corrected chi connectivity index (χ2v) is 4.89. The van der Waals surface area contributed by atoms with Crippen LogP contribution in [0.1, 0.15) is 11.5 Å². The zero-order chi connectivity index (χ0) is 16.6. The molecule has 23 heavy (non-hydrogen) atoms. The number of aryl methyl sites for hydroxylation is 2. The van der Waals surface area contributed by atoms with Gasteiger partial charge in [-0.3, -0.25) is 10.1 Å². The maximum Gasteiger partial charge on any atom is 0.296 e. The van der Waals surface area contributed by atoms with Crippen LogP contribution in [0.25, 0.3) is 22.4 Å². The highest BCUT2D eigenvalue weighted by Crippen LogP contribution is 2.34. The van der Waals surface area contributed by atoms with Gasteiger partial charge in [-0.05, 0) is 26.0 Å². The van der Waals surface area contributed by atoms with E-state index in [0.29, 0.717) is 22.6 Å². The van der Waals surface area contributed by atoms with E-state index in [1.165, 1.54) is 30.6 Å². The molecule has 0 radical (unpaired) electrons. The van der Waals surface area contributed by atoms with E-state index < -0.39 is 10.9 Å². The maximum absolute atomic E-state index is 13.8. The molecule has 3 heterocycles. The minimum Gasteiger partial charge on any atom is -0.361 e. The van der Waals surface area contributed by atoms with Gasteiger partial charge in [0.05, 0.1) is 16.2 Å². The van der Waals surface area contributed by atoms with Crippen LogP contribution in [-0.2, 0) is 0 Å². The van der Waals surface area contributed by atoms with E-state index in [-0.39, 0.29) is 16.9 Å². The number of hydrogen-bond donors (Lipinski definition) is 0. The fraction of sp³-hybridized carbons (Fsp3) is 0.133. The molecule has 8 heteroatoms. The minimum absolute atomic E-state index is 0.0236. The van der Waals surface area contributed by atoms with Crippen molar-refractivity contribution in [3.05, 3.63) is 58.1 Å². The molecule has 0 N–H and O–H groups in total. The molecular formula is C15H11FN4O3. The summed E-state index contributed by atoms with van der Waals surface area (Å²) in [5, 5.41) is 15.2. The molecule has 7 nitrogen and oxygen atoms in total. The average molecular weight is 314 g/mol. The van der Waals surface area contributed by atoms with Crippen LogP contribution < -0.4 is 0 Å². The summed E-state index contributed by atoms with van der Waals surface area (Å²) >= 11 is 0. The summed E-state index contributed by atoms with van der Waals surface area (Å²) in [7, 11) is 0. The molecule has 3 rings (SSSR count). The highest BCUT2D eigenvalue weighted by Gasteiger charge is 2.23. The van der Waals surface area contributed by atoms with Gasteiger partial charge in [0.15, 0.2) is 5.69 Å². The van der Waals surface area contributed by atoms with Crippen molar-refractivity contribution < 1.29 is 13.8 Å². The van der Waals surface area contributed by atoms with E-state index >= 15 is 0 Å². The van der Waals surface area contributed by atoms with Gasteiger partial charge in [-0.25, -0.2) is 9.97 Å². The van der Waals surface area contributed by atoms with Gasteiger partial charge in [-0.15, -0.1) is 0 Å². The molecule has 3 aromatic rings. The Labute approximate surface area is 129 Å². The molecule has 0 aromatic carbocycles. The molecule has 116 valence electrons. The van der Waals surface area contributed by atoms with Crippen LogP contribution in [0.2, 0.25) is 0 Å². The van der Waals surface area contributed by atoms with E-state index in [9.17, 15) is 14.5 Å². The van der Waals surface area contributed by atoms with Gasteiger partial charge in [-0.2, -0.15) is 4.39 Å². The Hall–Kier alpha value is -3.16. The second kappa shape index (κ2) is 5.56. The van der Waals surface area contributed by atoms with E-state index in [1.807, 2.05) is 0 Å². The van der Waals surface area contributed by atoms with Gasteiger partial charge < -0.3 is 4.52 Å². The van der Waals surface area contributed by atoms with Gasteiger partial charge >= 0.3 is 0 Å². The quantitative estimate of drug-likeness (QED) is 0.417. The predicted molar refractivity (Wildman–Crippen MR) is 79.1 cm³/mol. The zero-order valence-corrected chi connectivity index (χ0v) is 12.3. The number of hydrogen-bond acceptors (Lipinski definition) is 6. The fourth-order valence-electron chi connectivity index (χ4n) is 2.39. The summed E-state index contributed by atoms with van der Waals surface area (Å²) in [4.78, 5) is 18.4. The summed E-state index contributed by atoms with van der Waals surface area (Å²) in [5.74, 6) is -0.285. The van der Waals surface area contributed by atoms with Crippen molar-refractivity contribution in [3.8, 4) is 22.4 Å². The lowest BCUT2D eigenvalue weighted by atomic mass is 10.0. The molecule has 0 saturated heterocycles. The van der Waals surface area contributed by atoms with Gasteiger partial charge in [0.25, 0.3) is 5.69 Å². The molecule has 0 aliphatic heterocycles. The van der Waals surface area contributed by atoms with Crippen molar-refractivity contribution in [1.29, 1.82) is 0 Å². The average Bonchev–Trinajstić information content (AvgIpc) is 2.86. The Kier molecular flexibility index (Phi) is 3.57. The molecule has 3 aromatic heterocycles. The summed E-state index contributed by atoms with van der Waals surface area (Å²) < 4.78 is 18.9. The van der Waals surface area contributed by atoms with Gasteiger partial charge in [0, 0.05) is 29.6 Å². The molecule has 0 unspecified atom stereocenters. The molecule has 0 atom stereocenters. The normalized spacial score (nSPS) is 10.7. The van der Waals surface area contributed by atoms with E-state index in [4.69, 9.17) is 4.52 Å². The molecule has 0 fully saturated rings. The van der Waals surface area contributed by atoms with Crippen LogP contribution in [0.4, 0.5) is 10.1 Å². The lowest BCUT2D eigenvalue weighted by Gasteiger charge is -2.06. The first-order chi connectivity index (χ1) is 11.0. The molecule has 0 bridgehead atoms. The largest absolute Gasteiger partial charge is 0.361 e. The molecule has 0 aliphatic rings. The van der Waals surface area contributed by atoms with Crippen LogP contribution in [0.5, 0.6) is 0 Å². The first-order valence-corrected chi connectivity index (χ1v) is 6.67. The van der Waals surface area contributed by atoms with Crippen molar-refractivity contribution in [2.75, 3.05) is 0 Å². The Morgan fingerprint density at radius 3 is 2.70 bits per heavy atom. The Morgan fingerprint density at radius 1 is 1.30 bits per heavy atom. The number of halogens is 1. The smallest absolute Gasteiger partial charge is 0.296 e. The summed E-state index contributed by atoms with van der Waals surface area (Å²) in [5.41, 5.74) is 1.31. The number of nitrogens with zero attached hydrogens (tertiary/aromatic N) is 4. The molecule has 0 amide bonds. The topological polar surface area (TPSA) is 95.0 Å². The van der Waals surface area contributed by atoms with Gasteiger partial charge in [0.2, 0.25) is 5.95 Å².